The zero-order valence-electron chi connectivity index (χ0n) is 9.38. The van der Waals surface area contributed by atoms with Crippen LogP contribution in [-0.2, 0) is 9.53 Å². The second kappa shape index (κ2) is 8.54. The van der Waals surface area contributed by atoms with Crippen LogP contribution in [0.2, 0.25) is 0 Å². The number of hydrogen-bond donors (Lipinski definition) is 0. The summed E-state index contributed by atoms with van der Waals surface area (Å²) in [6.45, 7) is 6.16. The molecule has 0 aliphatic carbocycles. The van der Waals surface area contributed by atoms with E-state index in [0.717, 1.165) is 19.3 Å². The van der Waals surface area contributed by atoms with Gasteiger partial charge < -0.3 is 4.74 Å². The fourth-order valence-corrected chi connectivity index (χ4v) is 1.01. The monoisotopic (exact) mass is 196 g/mol. The van der Waals surface area contributed by atoms with Gasteiger partial charge >= 0.3 is 5.97 Å². The van der Waals surface area contributed by atoms with E-state index in [4.69, 9.17) is 4.74 Å². The predicted molar refractivity (Wildman–Crippen MR) is 59.1 cm³/mol. The van der Waals surface area contributed by atoms with Gasteiger partial charge in [0.1, 0.15) is 0 Å². The van der Waals surface area contributed by atoms with E-state index in [1.165, 1.54) is 0 Å². The number of carbonyl (C=O) groups is 1. The van der Waals surface area contributed by atoms with Crippen molar-refractivity contribution in [2.24, 2.45) is 0 Å². The first-order valence-corrected chi connectivity index (χ1v) is 5.21. The van der Waals surface area contributed by atoms with Gasteiger partial charge in [0, 0.05) is 5.57 Å². The second-order valence-electron chi connectivity index (χ2n) is 3.06. The van der Waals surface area contributed by atoms with Gasteiger partial charge in [-0.2, -0.15) is 0 Å². The largest absolute Gasteiger partial charge is 0.463 e. The van der Waals surface area contributed by atoms with Crippen LogP contribution in [0.1, 0.15) is 40.0 Å². The molecule has 80 valence electrons. The van der Waals surface area contributed by atoms with Crippen molar-refractivity contribution in [2.75, 3.05) is 6.61 Å². The summed E-state index contributed by atoms with van der Waals surface area (Å²) in [6.07, 6.45) is 9.16. The minimum Gasteiger partial charge on any atom is -0.463 e. The number of unbranched alkanes of at least 4 members (excludes halogenated alkanes) is 1. The molecule has 2 heteroatoms. The molecule has 2 nitrogen and oxygen atoms in total. The standard InChI is InChI=1S/C12H20O2/c1-4-6-7-8-9-10-11(3)12(13)14-5-2/h6-7,10H,4-5,8-9H2,1-3H3/b7-6-,11-10+. The van der Waals surface area contributed by atoms with Crippen molar-refractivity contribution in [1.29, 1.82) is 0 Å². The molecule has 0 spiro atoms. The van der Waals surface area contributed by atoms with E-state index in [2.05, 4.69) is 19.1 Å². The fourth-order valence-electron chi connectivity index (χ4n) is 1.01. The summed E-state index contributed by atoms with van der Waals surface area (Å²) < 4.78 is 4.86. The van der Waals surface area contributed by atoms with Crippen LogP contribution in [0.25, 0.3) is 0 Å². The molecule has 0 aliphatic heterocycles. The minimum atomic E-state index is -0.202. The molecule has 0 rings (SSSR count). The van der Waals surface area contributed by atoms with Crippen LogP contribution in [0, 0.1) is 0 Å². The van der Waals surface area contributed by atoms with Crippen LogP contribution in [0.3, 0.4) is 0 Å². The molecular formula is C12H20O2. The third-order valence-electron chi connectivity index (χ3n) is 1.78. The zero-order chi connectivity index (χ0) is 10.8. The van der Waals surface area contributed by atoms with Crippen molar-refractivity contribution in [2.45, 2.75) is 40.0 Å². The third kappa shape index (κ3) is 6.46. The summed E-state index contributed by atoms with van der Waals surface area (Å²) in [5.74, 6) is -0.202. The Kier molecular flexibility index (Phi) is 7.90. The first-order chi connectivity index (χ1) is 6.72. The fraction of sp³-hybridized carbons (Fsp3) is 0.583. The van der Waals surface area contributed by atoms with Gasteiger partial charge in [0.25, 0.3) is 0 Å². The lowest BCUT2D eigenvalue weighted by Gasteiger charge is -2.00. The van der Waals surface area contributed by atoms with Crippen LogP contribution in [0.5, 0.6) is 0 Å². The van der Waals surface area contributed by atoms with Gasteiger partial charge in [-0.3, -0.25) is 0 Å². The summed E-state index contributed by atoms with van der Waals surface area (Å²) in [5, 5.41) is 0. The molecule has 0 aromatic rings. The zero-order valence-corrected chi connectivity index (χ0v) is 9.38. The Balaban J connectivity index is 3.76. The van der Waals surface area contributed by atoms with Crippen molar-refractivity contribution in [1.82, 2.24) is 0 Å². The van der Waals surface area contributed by atoms with Gasteiger partial charge in [0.15, 0.2) is 0 Å². The smallest absolute Gasteiger partial charge is 0.333 e. The Hall–Kier alpha value is -1.05. The van der Waals surface area contributed by atoms with Crippen molar-refractivity contribution in [3.05, 3.63) is 23.8 Å². The number of esters is 1. The van der Waals surface area contributed by atoms with E-state index in [1.807, 2.05) is 13.0 Å². The van der Waals surface area contributed by atoms with Crippen LogP contribution >= 0.6 is 0 Å². The highest BCUT2D eigenvalue weighted by atomic mass is 16.5. The molecule has 0 saturated heterocycles. The highest BCUT2D eigenvalue weighted by molar-refractivity contribution is 5.87. The molecule has 0 radical (unpaired) electrons. The van der Waals surface area contributed by atoms with Crippen molar-refractivity contribution in [3.8, 4) is 0 Å². The Morgan fingerprint density at radius 3 is 2.50 bits per heavy atom. The van der Waals surface area contributed by atoms with Crippen molar-refractivity contribution < 1.29 is 9.53 Å². The average Bonchev–Trinajstić information content (AvgIpc) is 2.17. The highest BCUT2D eigenvalue weighted by Gasteiger charge is 2.02. The van der Waals surface area contributed by atoms with E-state index < -0.39 is 0 Å². The maximum atomic E-state index is 11.2. The lowest BCUT2D eigenvalue weighted by Crippen LogP contribution is -2.04. The quantitative estimate of drug-likeness (QED) is 0.282. The molecule has 0 fully saturated rings. The SMILES string of the molecule is CC/C=C\CC/C=C(\C)C(=O)OCC. The number of carbonyl (C=O) groups excluding carboxylic acids is 1. The number of hydrogen-bond acceptors (Lipinski definition) is 2. The molecule has 0 aliphatic rings. The Morgan fingerprint density at radius 2 is 1.93 bits per heavy atom. The summed E-state index contributed by atoms with van der Waals surface area (Å²) in [6, 6.07) is 0. The van der Waals surface area contributed by atoms with E-state index in [1.54, 1.807) is 6.92 Å². The van der Waals surface area contributed by atoms with Crippen molar-refractivity contribution >= 4 is 5.97 Å². The summed E-state index contributed by atoms with van der Waals surface area (Å²) in [7, 11) is 0. The van der Waals surface area contributed by atoms with E-state index >= 15 is 0 Å². The van der Waals surface area contributed by atoms with Gasteiger partial charge in [-0.1, -0.05) is 25.2 Å². The topological polar surface area (TPSA) is 26.3 Å². The van der Waals surface area contributed by atoms with E-state index in [-0.39, 0.29) is 5.97 Å². The highest BCUT2D eigenvalue weighted by Crippen LogP contribution is 2.02. The molecule has 0 heterocycles. The predicted octanol–water partition coefficient (Wildman–Crippen LogP) is 3.24. The first kappa shape index (κ1) is 12.9. The van der Waals surface area contributed by atoms with Gasteiger partial charge in [-0.25, -0.2) is 4.79 Å². The molecule has 0 saturated carbocycles. The normalized spacial score (nSPS) is 12.1. The first-order valence-electron chi connectivity index (χ1n) is 5.21. The van der Waals surface area contributed by atoms with Crippen molar-refractivity contribution in [3.63, 3.8) is 0 Å². The second-order valence-corrected chi connectivity index (χ2v) is 3.06. The molecule has 0 N–H and O–H groups in total. The maximum Gasteiger partial charge on any atom is 0.333 e. The van der Waals surface area contributed by atoms with E-state index in [9.17, 15) is 4.79 Å². The lowest BCUT2D eigenvalue weighted by molar-refractivity contribution is -0.138. The third-order valence-corrected chi connectivity index (χ3v) is 1.78. The molecule has 0 atom stereocenters. The van der Waals surface area contributed by atoms with Gasteiger partial charge in [0.2, 0.25) is 0 Å². The van der Waals surface area contributed by atoms with Gasteiger partial charge in [-0.15, -0.1) is 0 Å². The Labute approximate surface area is 86.6 Å². The molecule has 0 aromatic heterocycles. The van der Waals surface area contributed by atoms with Gasteiger partial charge in [0.05, 0.1) is 6.61 Å². The Morgan fingerprint density at radius 1 is 1.21 bits per heavy atom. The number of rotatable bonds is 6. The summed E-state index contributed by atoms with van der Waals surface area (Å²) in [5.41, 5.74) is 0.705. The molecule has 0 amide bonds. The molecule has 0 bridgehead atoms. The molecule has 14 heavy (non-hydrogen) atoms. The maximum absolute atomic E-state index is 11.2. The van der Waals surface area contributed by atoms with Crippen LogP contribution in [0.4, 0.5) is 0 Å². The minimum absolute atomic E-state index is 0.202. The average molecular weight is 196 g/mol. The summed E-state index contributed by atoms with van der Waals surface area (Å²) in [4.78, 5) is 11.2. The summed E-state index contributed by atoms with van der Waals surface area (Å²) >= 11 is 0. The molecule has 0 unspecified atom stereocenters. The van der Waals surface area contributed by atoms with Gasteiger partial charge in [-0.05, 0) is 33.1 Å². The number of ether oxygens (including phenoxy) is 1. The molecular weight excluding hydrogens is 176 g/mol. The van der Waals surface area contributed by atoms with Crippen LogP contribution < -0.4 is 0 Å². The number of allylic oxidation sites excluding steroid dienone is 3. The van der Waals surface area contributed by atoms with Crippen LogP contribution in [-0.4, -0.2) is 12.6 Å². The van der Waals surface area contributed by atoms with E-state index in [0.29, 0.717) is 12.2 Å². The lowest BCUT2D eigenvalue weighted by atomic mass is 10.2. The molecule has 0 aromatic carbocycles. The Bertz CT molecular complexity index is 214. The van der Waals surface area contributed by atoms with Crippen LogP contribution in [0.15, 0.2) is 23.8 Å².